The predicted molar refractivity (Wildman–Crippen MR) is 126 cm³/mol. The summed E-state index contributed by atoms with van der Waals surface area (Å²) in [6.45, 7) is 2.16. The molecule has 2 nitrogen and oxygen atoms in total. The molecule has 0 N–H and O–H groups in total. The summed E-state index contributed by atoms with van der Waals surface area (Å²) in [6.07, 6.45) is -4.71. The molecule has 0 fully saturated rings. The van der Waals surface area contributed by atoms with Gasteiger partial charge in [0.25, 0.3) is 0 Å². The van der Waals surface area contributed by atoms with E-state index in [1.807, 2.05) is 0 Å². The maximum atomic E-state index is 14.5. The van der Waals surface area contributed by atoms with Gasteiger partial charge in [-0.25, -0.2) is 26.3 Å². The molecule has 0 spiro atoms. The van der Waals surface area contributed by atoms with Crippen molar-refractivity contribution >= 4 is 0 Å². The molecule has 0 heterocycles. The Kier molecular flexibility index (Phi) is 7.81. The van der Waals surface area contributed by atoms with Crippen LogP contribution in [0.25, 0.3) is 11.1 Å². The molecule has 4 aromatic rings. The third-order valence-electron chi connectivity index (χ3n) is 5.34. The van der Waals surface area contributed by atoms with Gasteiger partial charge in [-0.05, 0) is 48.9 Å². The van der Waals surface area contributed by atoms with E-state index in [4.69, 9.17) is 4.74 Å². The van der Waals surface area contributed by atoms with Crippen molar-refractivity contribution in [1.29, 1.82) is 0 Å². The third kappa shape index (κ3) is 6.14. The zero-order chi connectivity index (χ0) is 28.3. The summed E-state index contributed by atoms with van der Waals surface area (Å²) in [5.41, 5.74) is -0.911. The SMILES string of the molecule is CCOc1ccc(-c2ccc(C#Cc3cc(F)c(C(F)(F)Oc4cc(F)c(F)c(F)c4)c(F)c3)cc2)c(F)c1. The molecule has 0 aliphatic rings. The number of alkyl halides is 2. The number of hydrogen-bond donors (Lipinski definition) is 0. The topological polar surface area (TPSA) is 18.5 Å². The lowest BCUT2D eigenvalue weighted by Crippen LogP contribution is -2.25. The van der Waals surface area contributed by atoms with Crippen molar-refractivity contribution in [2.24, 2.45) is 0 Å². The van der Waals surface area contributed by atoms with E-state index in [2.05, 4.69) is 16.6 Å². The Hall–Kier alpha value is -4.52. The van der Waals surface area contributed by atoms with Crippen molar-refractivity contribution in [1.82, 2.24) is 0 Å². The van der Waals surface area contributed by atoms with Gasteiger partial charge in [-0.15, -0.1) is 0 Å². The highest BCUT2D eigenvalue weighted by Crippen LogP contribution is 2.36. The lowest BCUT2D eigenvalue weighted by molar-refractivity contribution is -0.189. The quantitative estimate of drug-likeness (QED) is 0.138. The van der Waals surface area contributed by atoms with Crippen molar-refractivity contribution in [2.75, 3.05) is 6.61 Å². The summed E-state index contributed by atoms with van der Waals surface area (Å²) in [5, 5.41) is 0. The van der Waals surface area contributed by atoms with Gasteiger partial charge in [-0.1, -0.05) is 24.0 Å². The van der Waals surface area contributed by atoms with Gasteiger partial charge in [0.05, 0.1) is 6.61 Å². The molecular formula is C29H16F8O2. The molecule has 200 valence electrons. The summed E-state index contributed by atoms with van der Waals surface area (Å²) < 4.78 is 121. The zero-order valence-electron chi connectivity index (χ0n) is 19.9. The van der Waals surface area contributed by atoms with Gasteiger partial charge in [0, 0.05) is 34.9 Å². The van der Waals surface area contributed by atoms with Crippen LogP contribution >= 0.6 is 0 Å². The maximum absolute atomic E-state index is 14.5. The van der Waals surface area contributed by atoms with E-state index in [1.165, 1.54) is 18.2 Å². The van der Waals surface area contributed by atoms with Crippen LogP contribution in [0.5, 0.6) is 11.5 Å². The third-order valence-corrected chi connectivity index (χ3v) is 5.34. The van der Waals surface area contributed by atoms with Gasteiger partial charge in [0.1, 0.15) is 34.5 Å². The van der Waals surface area contributed by atoms with E-state index < -0.39 is 52.3 Å². The van der Waals surface area contributed by atoms with Crippen LogP contribution in [0.4, 0.5) is 35.1 Å². The molecule has 0 bridgehead atoms. The normalized spacial score (nSPS) is 11.1. The second-order valence-corrected chi connectivity index (χ2v) is 8.04. The minimum Gasteiger partial charge on any atom is -0.494 e. The fraction of sp³-hybridized carbons (Fsp3) is 0.103. The molecule has 0 atom stereocenters. The minimum absolute atomic E-state index is 0.109. The second kappa shape index (κ2) is 11.1. The van der Waals surface area contributed by atoms with Crippen LogP contribution in [0, 0.1) is 46.7 Å². The lowest BCUT2D eigenvalue weighted by atomic mass is 10.0. The van der Waals surface area contributed by atoms with Crippen LogP contribution in [0.2, 0.25) is 0 Å². The smallest absolute Gasteiger partial charge is 0.432 e. The first kappa shape index (κ1) is 27.5. The highest BCUT2D eigenvalue weighted by atomic mass is 19.3. The first-order chi connectivity index (χ1) is 18.5. The number of hydrogen-bond acceptors (Lipinski definition) is 2. The Morgan fingerprint density at radius 1 is 0.641 bits per heavy atom. The summed E-state index contributed by atoms with van der Waals surface area (Å²) in [5.74, 6) is -5.32. The fourth-order valence-corrected chi connectivity index (χ4v) is 3.58. The Labute approximate surface area is 217 Å². The van der Waals surface area contributed by atoms with E-state index in [0.29, 0.717) is 41.2 Å². The van der Waals surface area contributed by atoms with Crippen LogP contribution in [-0.4, -0.2) is 6.61 Å². The molecule has 0 saturated heterocycles. The van der Waals surface area contributed by atoms with Crippen LogP contribution in [-0.2, 0) is 6.11 Å². The zero-order valence-corrected chi connectivity index (χ0v) is 19.9. The van der Waals surface area contributed by atoms with Crippen LogP contribution < -0.4 is 9.47 Å². The van der Waals surface area contributed by atoms with E-state index in [9.17, 15) is 35.1 Å². The van der Waals surface area contributed by atoms with E-state index in [0.717, 1.165) is 0 Å². The summed E-state index contributed by atoms with van der Waals surface area (Å²) in [4.78, 5) is 0. The molecule has 4 rings (SSSR count). The Morgan fingerprint density at radius 3 is 1.77 bits per heavy atom. The minimum atomic E-state index is -4.71. The first-order valence-corrected chi connectivity index (χ1v) is 11.2. The molecule has 0 unspecified atom stereocenters. The molecule has 39 heavy (non-hydrogen) atoms. The molecule has 4 aromatic carbocycles. The molecule has 0 saturated carbocycles. The Bertz CT molecular complexity index is 1540. The van der Waals surface area contributed by atoms with Gasteiger partial charge >= 0.3 is 6.11 Å². The van der Waals surface area contributed by atoms with Gasteiger partial charge in [-0.3, -0.25) is 0 Å². The fourth-order valence-electron chi connectivity index (χ4n) is 3.58. The second-order valence-electron chi connectivity index (χ2n) is 8.04. The average Bonchev–Trinajstić information content (AvgIpc) is 2.86. The van der Waals surface area contributed by atoms with Gasteiger partial charge in [0.2, 0.25) is 0 Å². The lowest BCUT2D eigenvalue weighted by Gasteiger charge is -2.19. The van der Waals surface area contributed by atoms with Crippen LogP contribution in [0.1, 0.15) is 23.6 Å². The van der Waals surface area contributed by atoms with Crippen molar-refractivity contribution in [3.05, 3.63) is 118 Å². The summed E-state index contributed by atoms with van der Waals surface area (Å²) in [7, 11) is 0. The van der Waals surface area contributed by atoms with E-state index in [1.54, 1.807) is 31.2 Å². The molecule has 0 aliphatic carbocycles. The van der Waals surface area contributed by atoms with Gasteiger partial charge in [0.15, 0.2) is 17.5 Å². The molecule has 0 aliphatic heterocycles. The standard InChI is InChI=1S/C29H16F8O2/c1-2-38-19-9-10-21(22(30)13-19)18-7-5-16(6-8-18)3-4-17-11-23(31)27(24(32)12-17)29(36,37)39-20-14-25(33)28(35)26(34)15-20/h5-15H,2H2,1H3. The summed E-state index contributed by atoms with van der Waals surface area (Å²) >= 11 is 0. The molecule has 0 radical (unpaired) electrons. The van der Waals surface area contributed by atoms with E-state index >= 15 is 0 Å². The number of halogens is 8. The molecule has 0 aromatic heterocycles. The first-order valence-electron chi connectivity index (χ1n) is 11.2. The average molecular weight is 548 g/mol. The van der Waals surface area contributed by atoms with Crippen molar-refractivity contribution in [2.45, 2.75) is 13.0 Å². The van der Waals surface area contributed by atoms with Crippen molar-refractivity contribution in [3.63, 3.8) is 0 Å². The highest BCUT2D eigenvalue weighted by Gasteiger charge is 2.41. The van der Waals surface area contributed by atoms with Crippen LogP contribution in [0.3, 0.4) is 0 Å². The van der Waals surface area contributed by atoms with E-state index in [-0.39, 0.29) is 17.7 Å². The molecular weight excluding hydrogens is 532 g/mol. The predicted octanol–water partition coefficient (Wildman–Crippen LogP) is 8.12. The highest BCUT2D eigenvalue weighted by molar-refractivity contribution is 5.66. The van der Waals surface area contributed by atoms with Crippen LogP contribution in [0.15, 0.2) is 66.7 Å². The largest absolute Gasteiger partial charge is 0.494 e. The molecule has 0 amide bonds. The van der Waals surface area contributed by atoms with Gasteiger partial charge in [-0.2, -0.15) is 8.78 Å². The number of benzene rings is 4. The monoisotopic (exact) mass is 548 g/mol. The summed E-state index contributed by atoms with van der Waals surface area (Å²) in [6, 6.07) is 11.9. The molecule has 10 heteroatoms. The van der Waals surface area contributed by atoms with Crippen molar-refractivity contribution < 1.29 is 44.6 Å². The Morgan fingerprint density at radius 2 is 1.21 bits per heavy atom. The van der Waals surface area contributed by atoms with Gasteiger partial charge < -0.3 is 9.47 Å². The Balaban J connectivity index is 1.54. The van der Waals surface area contributed by atoms with Crippen molar-refractivity contribution in [3.8, 4) is 34.5 Å². The maximum Gasteiger partial charge on any atom is 0.432 e. The number of ether oxygens (including phenoxy) is 2. The number of rotatable bonds is 6.